The average Bonchev–Trinajstić information content (AvgIpc) is 2.54. The maximum Gasteiger partial charge on any atom is 0.335 e. The molecule has 0 saturated carbocycles. The molecule has 0 aliphatic carbocycles. The first kappa shape index (κ1) is 12.2. The molecule has 0 unspecified atom stereocenters. The van der Waals surface area contributed by atoms with Gasteiger partial charge in [0.05, 0.1) is 11.3 Å². The van der Waals surface area contributed by atoms with Gasteiger partial charge >= 0.3 is 5.97 Å². The van der Waals surface area contributed by atoms with Crippen molar-refractivity contribution in [3.8, 4) is 11.5 Å². The monoisotopic (exact) mass is 269 g/mol. The highest BCUT2D eigenvalue weighted by Gasteiger charge is 2.16. The summed E-state index contributed by atoms with van der Waals surface area (Å²) in [6, 6.07) is 7.63. The van der Waals surface area contributed by atoms with E-state index >= 15 is 0 Å². The third-order valence-electron chi connectivity index (χ3n) is 3.13. The van der Waals surface area contributed by atoms with Gasteiger partial charge in [0.2, 0.25) is 5.56 Å². The summed E-state index contributed by atoms with van der Waals surface area (Å²) in [5.74, 6) is -0.0577. The lowest BCUT2D eigenvalue weighted by Gasteiger charge is -2.09. The second kappa shape index (κ2) is 4.38. The Labute approximate surface area is 114 Å². The fourth-order valence-corrected chi connectivity index (χ4v) is 2.14. The van der Waals surface area contributed by atoms with E-state index in [0.29, 0.717) is 17.2 Å². The van der Waals surface area contributed by atoms with E-state index in [-0.39, 0.29) is 11.1 Å². The molecule has 0 atom stereocenters. The second-order valence-corrected chi connectivity index (χ2v) is 4.55. The molecule has 1 aromatic carbocycles. The SMILES string of the molecule is CC1=Cc2ccc(C(=O)O)cc2Oc2ccc(=O)[nH]c21. The Kier molecular flexibility index (Phi) is 2.68. The Morgan fingerprint density at radius 1 is 1.20 bits per heavy atom. The highest BCUT2D eigenvalue weighted by atomic mass is 16.5. The van der Waals surface area contributed by atoms with E-state index in [0.717, 1.165) is 11.1 Å². The first-order valence-corrected chi connectivity index (χ1v) is 6.02. The molecule has 0 saturated heterocycles. The molecule has 0 radical (unpaired) electrons. The summed E-state index contributed by atoms with van der Waals surface area (Å²) in [5, 5.41) is 9.02. The predicted octanol–water partition coefficient (Wildman–Crippen LogP) is 2.74. The number of allylic oxidation sites excluding steroid dienone is 1. The lowest BCUT2D eigenvalue weighted by molar-refractivity contribution is 0.0696. The Hall–Kier alpha value is -2.82. The van der Waals surface area contributed by atoms with Crippen LogP contribution >= 0.6 is 0 Å². The number of hydrogen-bond acceptors (Lipinski definition) is 3. The van der Waals surface area contributed by atoms with E-state index in [1.165, 1.54) is 18.2 Å². The Morgan fingerprint density at radius 3 is 2.75 bits per heavy atom. The summed E-state index contributed by atoms with van der Waals surface area (Å²) in [5.41, 5.74) is 2.16. The van der Waals surface area contributed by atoms with Crippen molar-refractivity contribution >= 4 is 17.6 Å². The van der Waals surface area contributed by atoms with Gasteiger partial charge in [0, 0.05) is 11.6 Å². The molecule has 2 N–H and O–H groups in total. The van der Waals surface area contributed by atoms with Crippen LogP contribution in [-0.2, 0) is 0 Å². The molecule has 0 spiro atoms. The first-order valence-electron chi connectivity index (χ1n) is 6.02. The number of aromatic carboxylic acids is 1. The van der Waals surface area contributed by atoms with Crippen molar-refractivity contribution in [3.63, 3.8) is 0 Å². The maximum absolute atomic E-state index is 11.4. The number of nitrogens with one attached hydrogen (secondary N) is 1. The topological polar surface area (TPSA) is 79.4 Å². The third-order valence-corrected chi connectivity index (χ3v) is 3.13. The number of aromatic amines is 1. The molecule has 2 heterocycles. The van der Waals surface area contributed by atoms with Crippen LogP contribution in [0.15, 0.2) is 35.1 Å². The van der Waals surface area contributed by atoms with E-state index in [2.05, 4.69) is 4.98 Å². The van der Waals surface area contributed by atoms with Crippen molar-refractivity contribution in [1.82, 2.24) is 4.98 Å². The summed E-state index contributed by atoms with van der Waals surface area (Å²) < 4.78 is 5.73. The molecule has 5 heteroatoms. The molecule has 0 fully saturated rings. The highest BCUT2D eigenvalue weighted by molar-refractivity contribution is 5.90. The van der Waals surface area contributed by atoms with Crippen molar-refractivity contribution < 1.29 is 14.6 Å². The number of carboxylic acids is 1. The van der Waals surface area contributed by atoms with Crippen LogP contribution < -0.4 is 10.3 Å². The van der Waals surface area contributed by atoms with Crippen molar-refractivity contribution in [2.75, 3.05) is 0 Å². The maximum atomic E-state index is 11.4. The van der Waals surface area contributed by atoms with Crippen LogP contribution in [0.1, 0.15) is 28.5 Å². The Balaban J connectivity index is 2.21. The van der Waals surface area contributed by atoms with Crippen molar-refractivity contribution in [3.05, 3.63) is 57.5 Å². The van der Waals surface area contributed by atoms with Crippen LogP contribution in [0.4, 0.5) is 0 Å². The van der Waals surface area contributed by atoms with Gasteiger partial charge in [-0.25, -0.2) is 4.79 Å². The summed E-state index contributed by atoms with van der Waals surface area (Å²) >= 11 is 0. The number of aromatic nitrogens is 1. The van der Waals surface area contributed by atoms with Gasteiger partial charge in [0.15, 0.2) is 5.75 Å². The minimum absolute atomic E-state index is 0.155. The van der Waals surface area contributed by atoms with Crippen LogP contribution in [0, 0.1) is 0 Å². The molecular weight excluding hydrogens is 258 g/mol. The molecule has 0 bridgehead atoms. The normalized spacial score (nSPS) is 12.6. The van der Waals surface area contributed by atoms with Gasteiger partial charge in [-0.1, -0.05) is 6.07 Å². The molecule has 0 amide bonds. The summed E-state index contributed by atoms with van der Waals surface area (Å²) in [4.78, 5) is 25.1. The van der Waals surface area contributed by atoms with E-state index in [1.54, 1.807) is 12.1 Å². The number of carboxylic acid groups (broad SMARTS) is 1. The first-order chi connectivity index (χ1) is 9.54. The zero-order valence-electron chi connectivity index (χ0n) is 10.6. The van der Waals surface area contributed by atoms with Gasteiger partial charge in [-0.05, 0) is 36.8 Å². The lowest BCUT2D eigenvalue weighted by atomic mass is 10.1. The van der Waals surface area contributed by atoms with Gasteiger partial charge in [-0.3, -0.25) is 4.79 Å². The number of hydrogen-bond donors (Lipinski definition) is 2. The minimum Gasteiger partial charge on any atom is -0.478 e. The molecular formula is C15H11NO4. The smallest absolute Gasteiger partial charge is 0.335 e. The lowest BCUT2D eigenvalue weighted by Crippen LogP contribution is -2.06. The van der Waals surface area contributed by atoms with E-state index in [1.807, 2.05) is 13.0 Å². The van der Waals surface area contributed by atoms with Gasteiger partial charge in [-0.15, -0.1) is 0 Å². The summed E-state index contributed by atoms with van der Waals surface area (Å²) in [7, 11) is 0. The summed E-state index contributed by atoms with van der Waals surface area (Å²) in [6.07, 6.45) is 1.85. The average molecular weight is 269 g/mol. The zero-order chi connectivity index (χ0) is 14.3. The molecule has 100 valence electrons. The largest absolute Gasteiger partial charge is 0.478 e. The summed E-state index contributed by atoms with van der Waals surface area (Å²) in [6.45, 7) is 1.86. The number of pyridine rings is 1. The van der Waals surface area contributed by atoms with E-state index < -0.39 is 5.97 Å². The van der Waals surface area contributed by atoms with E-state index in [4.69, 9.17) is 9.84 Å². The van der Waals surface area contributed by atoms with Crippen molar-refractivity contribution in [2.45, 2.75) is 6.92 Å². The Bertz CT molecular complexity index is 802. The zero-order valence-corrected chi connectivity index (χ0v) is 10.6. The molecule has 5 nitrogen and oxygen atoms in total. The van der Waals surface area contributed by atoms with Crippen molar-refractivity contribution in [2.24, 2.45) is 0 Å². The van der Waals surface area contributed by atoms with Gasteiger partial charge in [-0.2, -0.15) is 0 Å². The van der Waals surface area contributed by atoms with E-state index in [9.17, 15) is 9.59 Å². The highest BCUT2D eigenvalue weighted by Crippen LogP contribution is 2.36. The van der Waals surface area contributed by atoms with Crippen LogP contribution in [-0.4, -0.2) is 16.1 Å². The van der Waals surface area contributed by atoms with Gasteiger partial charge in [0.1, 0.15) is 5.75 Å². The quantitative estimate of drug-likeness (QED) is 0.834. The molecule has 1 aliphatic heterocycles. The van der Waals surface area contributed by atoms with Gasteiger partial charge in [0.25, 0.3) is 0 Å². The minimum atomic E-state index is -1.01. The van der Waals surface area contributed by atoms with Crippen LogP contribution in [0.3, 0.4) is 0 Å². The molecule has 1 aromatic heterocycles. The number of fused-ring (bicyclic) bond motifs is 2. The molecule has 1 aliphatic rings. The second-order valence-electron chi connectivity index (χ2n) is 4.55. The molecule has 3 rings (SSSR count). The molecule has 2 aromatic rings. The number of ether oxygens (including phenoxy) is 1. The fourth-order valence-electron chi connectivity index (χ4n) is 2.14. The Morgan fingerprint density at radius 2 is 2.00 bits per heavy atom. The number of carbonyl (C=O) groups is 1. The molecule has 20 heavy (non-hydrogen) atoms. The van der Waals surface area contributed by atoms with Crippen LogP contribution in [0.2, 0.25) is 0 Å². The number of benzene rings is 1. The third kappa shape index (κ3) is 1.99. The van der Waals surface area contributed by atoms with Crippen LogP contribution in [0.25, 0.3) is 11.6 Å². The van der Waals surface area contributed by atoms with Crippen molar-refractivity contribution in [1.29, 1.82) is 0 Å². The van der Waals surface area contributed by atoms with Gasteiger partial charge < -0.3 is 14.8 Å². The number of H-pyrrole nitrogens is 1. The standard InChI is InChI=1S/C15H11NO4/c1-8-6-9-2-3-10(15(18)19)7-12(9)20-11-4-5-13(17)16-14(8)11/h2-7H,1H3,(H,16,17)(H,18,19). The predicted molar refractivity (Wildman–Crippen MR) is 74.1 cm³/mol. The van der Waals surface area contributed by atoms with Crippen LogP contribution in [0.5, 0.6) is 11.5 Å². The fraction of sp³-hybridized carbons (Fsp3) is 0.0667. The number of rotatable bonds is 1.